The second-order valence-electron chi connectivity index (χ2n) is 3.45. The van der Waals surface area contributed by atoms with Crippen molar-refractivity contribution in [1.82, 2.24) is 0 Å². The minimum absolute atomic E-state index is 0.176. The minimum Gasteiger partial charge on any atom is -0.424 e. The predicted molar refractivity (Wildman–Crippen MR) is 84.1 cm³/mol. The van der Waals surface area contributed by atoms with E-state index in [1.54, 1.807) is 0 Å². The molecule has 0 bridgehead atoms. The second kappa shape index (κ2) is 16.1. The summed E-state index contributed by atoms with van der Waals surface area (Å²) in [4.78, 5) is 0. The van der Waals surface area contributed by atoms with Gasteiger partial charge in [0.05, 0.1) is 0 Å². The maximum absolute atomic E-state index is 5.43. The zero-order chi connectivity index (χ0) is 11.9. The van der Waals surface area contributed by atoms with Crippen molar-refractivity contribution in [3.63, 3.8) is 0 Å². The Labute approximate surface area is 113 Å². The van der Waals surface area contributed by atoms with Gasteiger partial charge in [0, 0.05) is 24.7 Å². The summed E-state index contributed by atoms with van der Waals surface area (Å²) in [5, 5.41) is 0. The summed E-state index contributed by atoms with van der Waals surface area (Å²) in [5.41, 5.74) is 0. The molecule has 2 nitrogen and oxygen atoms in total. The van der Waals surface area contributed by atoms with Crippen molar-refractivity contribution in [2.45, 2.75) is 38.8 Å². The minimum atomic E-state index is -0.176. The normalized spacial score (nSPS) is 12.4. The summed E-state index contributed by atoms with van der Waals surface area (Å²) in [6.07, 6.45) is 2.69. The van der Waals surface area contributed by atoms with Crippen LogP contribution in [-0.4, -0.2) is 44.2 Å². The Balaban J connectivity index is 2.83. The molecular formula is C10H26O2S2Si2. The van der Waals surface area contributed by atoms with Gasteiger partial charge in [-0.1, -0.05) is 21.6 Å². The molecule has 0 unspecified atom stereocenters. The van der Waals surface area contributed by atoms with Gasteiger partial charge in [-0.3, -0.25) is 0 Å². The molecule has 98 valence electrons. The van der Waals surface area contributed by atoms with Crippen LogP contribution in [0.4, 0.5) is 0 Å². The lowest BCUT2D eigenvalue weighted by atomic mass is 10.6. The number of rotatable bonds is 13. The molecule has 0 aromatic carbocycles. The van der Waals surface area contributed by atoms with Crippen LogP contribution in [0.1, 0.15) is 26.7 Å². The maximum Gasteiger partial charge on any atom is 0.161 e. The molecule has 0 atom stereocenters. The molecule has 0 spiro atoms. The lowest BCUT2D eigenvalue weighted by molar-refractivity contribution is 0.359. The lowest BCUT2D eigenvalue weighted by Gasteiger charge is -2.02. The highest BCUT2D eigenvalue weighted by Gasteiger charge is 1.94. The summed E-state index contributed by atoms with van der Waals surface area (Å²) < 4.78 is 10.9. The zero-order valence-electron chi connectivity index (χ0n) is 10.7. The van der Waals surface area contributed by atoms with Gasteiger partial charge >= 0.3 is 0 Å². The third kappa shape index (κ3) is 15.1. The summed E-state index contributed by atoms with van der Waals surface area (Å²) in [6, 6.07) is 2.69. The van der Waals surface area contributed by atoms with Gasteiger partial charge in [-0.2, -0.15) is 0 Å². The third-order valence-electron chi connectivity index (χ3n) is 2.02. The first-order valence-corrected chi connectivity index (χ1v) is 12.0. The van der Waals surface area contributed by atoms with Crippen molar-refractivity contribution in [3.05, 3.63) is 0 Å². The topological polar surface area (TPSA) is 18.5 Å². The van der Waals surface area contributed by atoms with Crippen molar-refractivity contribution in [3.8, 4) is 0 Å². The Morgan fingerprint density at radius 3 is 1.62 bits per heavy atom. The zero-order valence-corrected chi connectivity index (χ0v) is 15.2. The molecule has 0 saturated carbocycles. The first kappa shape index (κ1) is 17.1. The van der Waals surface area contributed by atoms with Crippen LogP contribution < -0.4 is 0 Å². The van der Waals surface area contributed by atoms with Crippen molar-refractivity contribution in [2.24, 2.45) is 0 Å². The monoisotopic (exact) mass is 298 g/mol. The molecule has 0 rings (SSSR count). The Bertz CT molecular complexity index is 117. The van der Waals surface area contributed by atoms with E-state index in [9.17, 15) is 0 Å². The fraction of sp³-hybridized carbons (Fsp3) is 1.00. The average Bonchev–Trinajstić information content (AvgIpc) is 2.31. The molecule has 0 saturated heterocycles. The van der Waals surface area contributed by atoms with Gasteiger partial charge in [0.15, 0.2) is 19.5 Å². The van der Waals surface area contributed by atoms with Crippen molar-refractivity contribution < 1.29 is 8.85 Å². The van der Waals surface area contributed by atoms with Crippen molar-refractivity contribution in [1.29, 1.82) is 0 Å². The second-order valence-corrected chi connectivity index (χ2v) is 9.20. The summed E-state index contributed by atoms with van der Waals surface area (Å²) in [5.74, 6) is 2.60. The van der Waals surface area contributed by atoms with Gasteiger partial charge in [-0.25, -0.2) is 0 Å². The Kier molecular flexibility index (Phi) is 17.1. The third-order valence-corrected chi connectivity index (χ3v) is 7.57. The molecule has 0 aliphatic carbocycles. The van der Waals surface area contributed by atoms with E-state index in [0.717, 1.165) is 13.2 Å². The largest absolute Gasteiger partial charge is 0.424 e. The Morgan fingerprint density at radius 1 is 0.812 bits per heavy atom. The smallest absolute Gasteiger partial charge is 0.161 e. The van der Waals surface area contributed by atoms with E-state index in [1.807, 2.05) is 21.6 Å². The van der Waals surface area contributed by atoms with Gasteiger partial charge in [-0.15, -0.1) is 0 Å². The lowest BCUT2D eigenvalue weighted by Crippen LogP contribution is -1.98. The quantitative estimate of drug-likeness (QED) is 0.295. The molecule has 0 N–H and O–H groups in total. The van der Waals surface area contributed by atoms with Crippen molar-refractivity contribution in [2.75, 3.05) is 24.7 Å². The summed E-state index contributed by atoms with van der Waals surface area (Å²) in [7, 11) is 3.71. The number of hydrogen-bond acceptors (Lipinski definition) is 4. The molecule has 0 aromatic heterocycles. The highest BCUT2D eigenvalue weighted by Crippen LogP contribution is 2.23. The highest BCUT2D eigenvalue weighted by molar-refractivity contribution is 8.76. The maximum atomic E-state index is 5.43. The molecule has 16 heavy (non-hydrogen) atoms. The van der Waals surface area contributed by atoms with E-state index >= 15 is 0 Å². The van der Waals surface area contributed by atoms with Crippen LogP contribution in [0.5, 0.6) is 0 Å². The Morgan fingerprint density at radius 2 is 1.25 bits per heavy atom. The highest BCUT2D eigenvalue weighted by atomic mass is 33.1. The van der Waals surface area contributed by atoms with Gasteiger partial charge < -0.3 is 8.85 Å². The van der Waals surface area contributed by atoms with E-state index in [0.29, 0.717) is 0 Å². The fourth-order valence-electron chi connectivity index (χ4n) is 1.14. The van der Waals surface area contributed by atoms with Crippen LogP contribution in [0.25, 0.3) is 0 Å². The summed E-state index contributed by atoms with van der Waals surface area (Å²) >= 11 is 0. The van der Waals surface area contributed by atoms with Crippen molar-refractivity contribution >= 4 is 41.1 Å². The first-order chi connectivity index (χ1) is 7.91. The van der Waals surface area contributed by atoms with Crippen LogP contribution in [0, 0.1) is 0 Å². The van der Waals surface area contributed by atoms with E-state index in [4.69, 9.17) is 8.85 Å². The standard InChI is InChI=1S/C10H26O2S2Si2/c1-3-11-15-9-5-7-13-14-8-6-10-16-12-4-2/h3-10,15-16H2,1-2H3. The predicted octanol–water partition coefficient (Wildman–Crippen LogP) is 2.23. The SMILES string of the molecule is CCO[SiH2]CCCSSCCC[SiH2]OCC. The van der Waals surface area contributed by atoms with E-state index in [1.165, 1.54) is 36.4 Å². The van der Waals surface area contributed by atoms with E-state index in [-0.39, 0.29) is 19.5 Å². The first-order valence-electron chi connectivity index (χ1n) is 6.31. The van der Waals surface area contributed by atoms with Crippen LogP contribution in [0.2, 0.25) is 12.1 Å². The van der Waals surface area contributed by atoms with Gasteiger partial charge in [-0.05, 0) is 38.8 Å². The van der Waals surface area contributed by atoms with Gasteiger partial charge in [0.25, 0.3) is 0 Å². The van der Waals surface area contributed by atoms with Gasteiger partial charge in [0.2, 0.25) is 0 Å². The van der Waals surface area contributed by atoms with Crippen LogP contribution >= 0.6 is 21.6 Å². The fourth-order valence-corrected chi connectivity index (χ4v) is 6.05. The van der Waals surface area contributed by atoms with E-state index in [2.05, 4.69) is 13.8 Å². The molecule has 0 aliphatic rings. The van der Waals surface area contributed by atoms with Crippen LogP contribution in [0.3, 0.4) is 0 Å². The molecule has 0 amide bonds. The van der Waals surface area contributed by atoms with Crippen LogP contribution in [0.15, 0.2) is 0 Å². The van der Waals surface area contributed by atoms with Crippen LogP contribution in [-0.2, 0) is 8.85 Å². The molecule has 0 fully saturated rings. The molecule has 0 aliphatic heterocycles. The molecule has 0 aromatic rings. The number of hydrogen-bond donors (Lipinski definition) is 0. The Hall–Kier alpha value is 1.05. The molecular weight excluding hydrogens is 272 g/mol. The molecule has 6 heteroatoms. The van der Waals surface area contributed by atoms with Gasteiger partial charge in [0.1, 0.15) is 0 Å². The molecule has 0 radical (unpaired) electrons. The molecule has 0 heterocycles. The summed E-state index contributed by atoms with van der Waals surface area (Å²) in [6.45, 7) is 6.00. The average molecular weight is 299 g/mol. The van der Waals surface area contributed by atoms with E-state index < -0.39 is 0 Å².